The number of halogens is 3. The highest BCUT2D eigenvalue weighted by Gasteiger charge is 2.18. The Morgan fingerprint density at radius 1 is 1.19 bits per heavy atom. The van der Waals surface area contributed by atoms with Crippen LogP contribution in [0.5, 0.6) is 0 Å². The number of nitrogens with zero attached hydrogens (tertiary/aromatic N) is 3. The lowest BCUT2D eigenvalue weighted by Gasteiger charge is -2.36. The molecule has 21 heavy (non-hydrogen) atoms. The van der Waals surface area contributed by atoms with Crippen molar-refractivity contribution in [2.24, 2.45) is 10.7 Å². The predicted octanol–water partition coefficient (Wildman–Crippen LogP) is 2.75. The third-order valence-corrected chi connectivity index (χ3v) is 3.61. The predicted molar refractivity (Wildman–Crippen MR) is 97.7 cm³/mol. The summed E-state index contributed by atoms with van der Waals surface area (Å²) in [5, 5.41) is 0.747. The number of hydrogen-bond acceptors (Lipinski definition) is 2. The van der Waals surface area contributed by atoms with Crippen molar-refractivity contribution in [1.82, 2.24) is 4.90 Å². The Morgan fingerprint density at radius 2 is 1.81 bits per heavy atom. The molecule has 118 valence electrons. The molecular weight excluding hydrogens is 406 g/mol. The van der Waals surface area contributed by atoms with Crippen molar-refractivity contribution < 1.29 is 4.39 Å². The van der Waals surface area contributed by atoms with Crippen LogP contribution in [0.25, 0.3) is 0 Å². The summed E-state index contributed by atoms with van der Waals surface area (Å²) in [7, 11) is 0. The van der Waals surface area contributed by atoms with Gasteiger partial charge in [-0.05, 0) is 30.7 Å². The quantitative estimate of drug-likeness (QED) is 0.348. The molecule has 0 spiro atoms. The zero-order chi connectivity index (χ0) is 14.4. The highest BCUT2D eigenvalue weighted by Crippen LogP contribution is 2.19. The SMILES string of the molecule is I.NC(=NCCCF)N1CCN(c2ccc(Cl)cc2)CC1. The molecule has 0 aromatic heterocycles. The lowest BCUT2D eigenvalue weighted by molar-refractivity contribution is 0.380. The molecule has 0 saturated carbocycles. The first-order chi connectivity index (χ1) is 9.70. The number of aliphatic imine (C=N–C) groups is 1. The van der Waals surface area contributed by atoms with Gasteiger partial charge in [0.15, 0.2) is 5.96 Å². The molecule has 0 unspecified atom stereocenters. The molecule has 2 N–H and O–H groups in total. The molecule has 1 aliphatic rings. The van der Waals surface area contributed by atoms with E-state index in [4.69, 9.17) is 17.3 Å². The molecule has 1 aromatic rings. The van der Waals surface area contributed by atoms with Crippen molar-refractivity contribution in [3.8, 4) is 0 Å². The number of nitrogens with two attached hydrogens (primary N) is 1. The number of benzene rings is 1. The summed E-state index contributed by atoms with van der Waals surface area (Å²) in [6, 6.07) is 7.85. The molecule has 0 aliphatic carbocycles. The lowest BCUT2D eigenvalue weighted by atomic mass is 10.2. The summed E-state index contributed by atoms with van der Waals surface area (Å²) in [4.78, 5) is 8.53. The fourth-order valence-corrected chi connectivity index (χ4v) is 2.33. The van der Waals surface area contributed by atoms with E-state index in [1.165, 1.54) is 5.69 Å². The second-order valence-electron chi connectivity index (χ2n) is 4.73. The van der Waals surface area contributed by atoms with E-state index in [0.29, 0.717) is 18.9 Å². The zero-order valence-corrected chi connectivity index (χ0v) is 14.9. The first-order valence-corrected chi connectivity index (χ1v) is 7.20. The minimum Gasteiger partial charge on any atom is -0.370 e. The van der Waals surface area contributed by atoms with Gasteiger partial charge in [-0.25, -0.2) is 0 Å². The molecule has 0 amide bonds. The van der Waals surface area contributed by atoms with Gasteiger partial charge in [-0.3, -0.25) is 9.38 Å². The average Bonchev–Trinajstić information content (AvgIpc) is 2.48. The van der Waals surface area contributed by atoms with E-state index in [-0.39, 0.29) is 30.7 Å². The van der Waals surface area contributed by atoms with Crippen LogP contribution in [0.15, 0.2) is 29.3 Å². The van der Waals surface area contributed by atoms with Gasteiger partial charge in [0, 0.05) is 43.4 Å². The van der Waals surface area contributed by atoms with Gasteiger partial charge in [0.05, 0.1) is 6.67 Å². The van der Waals surface area contributed by atoms with Gasteiger partial charge in [0.25, 0.3) is 0 Å². The van der Waals surface area contributed by atoms with Crippen molar-refractivity contribution in [3.05, 3.63) is 29.3 Å². The summed E-state index contributed by atoms with van der Waals surface area (Å²) in [5.41, 5.74) is 7.08. The maximum atomic E-state index is 12.0. The number of alkyl halides is 1. The van der Waals surface area contributed by atoms with Crippen LogP contribution >= 0.6 is 35.6 Å². The van der Waals surface area contributed by atoms with E-state index < -0.39 is 0 Å². The Morgan fingerprint density at radius 3 is 2.38 bits per heavy atom. The van der Waals surface area contributed by atoms with Gasteiger partial charge >= 0.3 is 0 Å². The van der Waals surface area contributed by atoms with Crippen LogP contribution in [-0.2, 0) is 0 Å². The summed E-state index contributed by atoms with van der Waals surface area (Å²) < 4.78 is 12.0. The maximum absolute atomic E-state index is 12.0. The molecule has 0 bridgehead atoms. The first kappa shape index (κ1) is 18.3. The Hall–Kier alpha value is -0.760. The normalized spacial score (nSPS) is 15.8. The van der Waals surface area contributed by atoms with Crippen molar-refractivity contribution in [3.63, 3.8) is 0 Å². The molecule has 1 aliphatic heterocycles. The van der Waals surface area contributed by atoms with E-state index in [0.717, 1.165) is 31.2 Å². The summed E-state index contributed by atoms with van der Waals surface area (Å²) in [6.45, 7) is 3.55. The Kier molecular flexibility index (Phi) is 8.10. The molecule has 0 atom stereocenters. The Bertz CT molecular complexity index is 447. The van der Waals surface area contributed by atoms with Gasteiger partial charge in [-0.15, -0.1) is 24.0 Å². The van der Waals surface area contributed by atoms with Gasteiger partial charge in [0.1, 0.15) is 0 Å². The smallest absolute Gasteiger partial charge is 0.191 e. The fraction of sp³-hybridized carbons (Fsp3) is 0.500. The topological polar surface area (TPSA) is 44.9 Å². The third kappa shape index (κ3) is 5.50. The molecule has 1 heterocycles. The van der Waals surface area contributed by atoms with Crippen molar-refractivity contribution in [2.45, 2.75) is 6.42 Å². The highest BCUT2D eigenvalue weighted by atomic mass is 127. The fourth-order valence-electron chi connectivity index (χ4n) is 2.20. The number of hydrogen-bond donors (Lipinski definition) is 1. The molecule has 1 aromatic carbocycles. The van der Waals surface area contributed by atoms with Crippen molar-refractivity contribution in [1.29, 1.82) is 0 Å². The molecule has 4 nitrogen and oxygen atoms in total. The van der Waals surface area contributed by atoms with E-state index in [2.05, 4.69) is 9.89 Å². The zero-order valence-electron chi connectivity index (χ0n) is 11.8. The van der Waals surface area contributed by atoms with Gasteiger partial charge in [-0.2, -0.15) is 0 Å². The van der Waals surface area contributed by atoms with Gasteiger partial charge < -0.3 is 15.5 Å². The van der Waals surface area contributed by atoms with Crippen LogP contribution in [0.1, 0.15) is 6.42 Å². The van der Waals surface area contributed by atoms with Crippen molar-refractivity contribution in [2.75, 3.05) is 44.3 Å². The minimum absolute atomic E-state index is 0. The van der Waals surface area contributed by atoms with Gasteiger partial charge in [-0.1, -0.05) is 11.6 Å². The molecule has 2 rings (SSSR count). The van der Waals surface area contributed by atoms with Gasteiger partial charge in [0.2, 0.25) is 0 Å². The summed E-state index contributed by atoms with van der Waals surface area (Å²) >= 11 is 5.89. The Labute approximate surface area is 147 Å². The summed E-state index contributed by atoms with van der Waals surface area (Å²) in [6.07, 6.45) is 0.436. The molecule has 1 fully saturated rings. The number of piperazine rings is 1. The molecule has 7 heteroatoms. The van der Waals surface area contributed by atoms with E-state index >= 15 is 0 Å². The Balaban J connectivity index is 0.00000220. The molecular formula is C14H21ClFIN4. The standard InChI is InChI=1S/C14H20ClFN4.HI/c15-12-2-4-13(5-3-12)19-8-10-20(11-9-19)14(17)18-7-1-6-16;/h2-5H,1,6-11H2,(H2,17,18);1H. The number of anilines is 1. The average molecular weight is 427 g/mol. The van der Waals surface area contributed by atoms with Crippen LogP contribution in [-0.4, -0.2) is 50.3 Å². The van der Waals surface area contributed by atoms with E-state index in [1.54, 1.807) is 0 Å². The van der Waals surface area contributed by atoms with Crippen LogP contribution in [0.3, 0.4) is 0 Å². The molecule has 1 saturated heterocycles. The number of guanidine groups is 1. The van der Waals surface area contributed by atoms with Crippen LogP contribution in [0.4, 0.5) is 10.1 Å². The van der Waals surface area contributed by atoms with Crippen LogP contribution in [0.2, 0.25) is 5.02 Å². The monoisotopic (exact) mass is 426 g/mol. The van der Waals surface area contributed by atoms with E-state index in [9.17, 15) is 4.39 Å². The summed E-state index contributed by atoms with van der Waals surface area (Å²) in [5.74, 6) is 0.522. The lowest BCUT2D eigenvalue weighted by Crippen LogP contribution is -2.51. The third-order valence-electron chi connectivity index (χ3n) is 3.36. The van der Waals surface area contributed by atoms with Crippen molar-refractivity contribution >= 4 is 47.2 Å². The molecule has 0 radical (unpaired) electrons. The highest BCUT2D eigenvalue weighted by molar-refractivity contribution is 14.0. The maximum Gasteiger partial charge on any atom is 0.191 e. The van der Waals surface area contributed by atoms with Crippen LogP contribution < -0.4 is 10.6 Å². The minimum atomic E-state index is -0.346. The van der Waals surface area contributed by atoms with E-state index in [1.807, 2.05) is 29.2 Å². The van der Waals surface area contributed by atoms with Crippen LogP contribution in [0, 0.1) is 0 Å². The largest absolute Gasteiger partial charge is 0.370 e. The second kappa shape index (κ2) is 9.30. The number of rotatable bonds is 4. The first-order valence-electron chi connectivity index (χ1n) is 6.82. The second-order valence-corrected chi connectivity index (χ2v) is 5.17.